The summed E-state index contributed by atoms with van der Waals surface area (Å²) in [7, 11) is 3.14. The first-order valence-electron chi connectivity index (χ1n) is 15.7. The molecule has 1 aliphatic heterocycles. The van der Waals surface area contributed by atoms with Crippen molar-refractivity contribution in [3.05, 3.63) is 164 Å². The van der Waals surface area contributed by atoms with Gasteiger partial charge in [0, 0.05) is 11.8 Å². The predicted octanol–water partition coefficient (Wildman–Crippen LogP) is 4.35. The topological polar surface area (TPSA) is 138 Å². The predicted molar refractivity (Wildman–Crippen MR) is 180 cm³/mol. The molecule has 6 rings (SSSR count). The van der Waals surface area contributed by atoms with Crippen molar-refractivity contribution in [3.63, 3.8) is 0 Å². The van der Waals surface area contributed by atoms with Crippen LogP contribution in [0.4, 0.5) is 0 Å². The van der Waals surface area contributed by atoms with Crippen LogP contribution in [0, 0.1) is 6.92 Å². The van der Waals surface area contributed by atoms with Crippen molar-refractivity contribution in [2.24, 2.45) is 0 Å². The van der Waals surface area contributed by atoms with Crippen molar-refractivity contribution in [1.29, 1.82) is 0 Å². The van der Waals surface area contributed by atoms with Gasteiger partial charge in [-0.25, -0.2) is 9.59 Å². The maximum Gasteiger partial charge on any atom is 0.338 e. The molecule has 11 heteroatoms. The number of hydrogen-bond acceptors (Lipinski definition) is 9. The van der Waals surface area contributed by atoms with Crippen LogP contribution >= 0.6 is 0 Å². The Kier molecular flexibility index (Phi) is 9.77. The molecule has 1 aromatic heterocycles. The highest BCUT2D eigenvalue weighted by Gasteiger charge is 2.51. The molecule has 4 aromatic carbocycles. The van der Waals surface area contributed by atoms with E-state index in [1.807, 2.05) is 54.6 Å². The van der Waals surface area contributed by atoms with Crippen LogP contribution in [0.3, 0.4) is 0 Å². The fourth-order valence-electron chi connectivity index (χ4n) is 6.05. The Morgan fingerprint density at radius 3 is 1.88 bits per heavy atom. The lowest BCUT2D eigenvalue weighted by molar-refractivity contribution is -0.248. The van der Waals surface area contributed by atoms with Gasteiger partial charge in [-0.3, -0.25) is 14.3 Å². The number of ether oxygens (including phenoxy) is 5. The Bertz CT molecular complexity index is 1940. The molecule has 0 spiro atoms. The minimum Gasteiger partial charge on any atom is -0.497 e. The second-order valence-electron chi connectivity index (χ2n) is 11.6. The van der Waals surface area contributed by atoms with Crippen LogP contribution in [0.25, 0.3) is 0 Å². The van der Waals surface area contributed by atoms with Gasteiger partial charge in [-0.15, -0.1) is 0 Å². The quantitative estimate of drug-likeness (QED) is 0.165. The van der Waals surface area contributed by atoms with Gasteiger partial charge in [0.2, 0.25) is 0 Å². The fourth-order valence-corrected chi connectivity index (χ4v) is 6.05. The molecule has 0 bridgehead atoms. The second-order valence-corrected chi connectivity index (χ2v) is 11.6. The van der Waals surface area contributed by atoms with Gasteiger partial charge in [-0.2, -0.15) is 0 Å². The van der Waals surface area contributed by atoms with E-state index in [0.717, 1.165) is 0 Å². The number of aromatic amines is 1. The minimum absolute atomic E-state index is 0.241. The molecule has 252 valence electrons. The Balaban J connectivity index is 1.60. The number of aromatic nitrogens is 2. The summed E-state index contributed by atoms with van der Waals surface area (Å²) in [6, 6.07) is 32.4. The summed E-state index contributed by atoms with van der Waals surface area (Å²) in [5.74, 6) is 0.516. The number of carbonyl (C=O) groups excluding carboxylic acids is 1. The van der Waals surface area contributed by atoms with Crippen molar-refractivity contribution in [2.45, 2.75) is 37.1 Å². The minimum atomic E-state index is -1.46. The normalized spacial score (nSPS) is 19.2. The largest absolute Gasteiger partial charge is 0.497 e. The number of aryl methyl sites for hydroxylation is 1. The van der Waals surface area contributed by atoms with Crippen molar-refractivity contribution < 1.29 is 33.6 Å². The zero-order chi connectivity index (χ0) is 34.5. The average molecular weight is 665 g/mol. The lowest BCUT2D eigenvalue weighted by Crippen LogP contribution is -2.58. The number of H-pyrrole nitrogens is 1. The number of hydrogen-bond donors (Lipinski definition) is 2. The van der Waals surface area contributed by atoms with E-state index in [9.17, 15) is 19.5 Å². The maximum absolute atomic E-state index is 13.6. The number of nitrogens with one attached hydrogen (secondary N) is 1. The summed E-state index contributed by atoms with van der Waals surface area (Å²) < 4.78 is 31.6. The highest BCUT2D eigenvalue weighted by molar-refractivity contribution is 5.89. The molecular weight excluding hydrogens is 628 g/mol. The monoisotopic (exact) mass is 664 g/mol. The van der Waals surface area contributed by atoms with Crippen LogP contribution in [-0.4, -0.2) is 59.8 Å². The molecular formula is C38H36N2O9. The van der Waals surface area contributed by atoms with Crippen LogP contribution in [-0.2, 0) is 19.8 Å². The number of nitrogens with zero attached hydrogens (tertiary/aromatic N) is 1. The van der Waals surface area contributed by atoms with Crippen LogP contribution in [0.15, 0.2) is 125 Å². The van der Waals surface area contributed by atoms with E-state index in [1.165, 1.54) is 10.8 Å². The van der Waals surface area contributed by atoms with E-state index in [2.05, 4.69) is 4.98 Å². The molecule has 2 heterocycles. The molecule has 0 amide bonds. The molecule has 0 unspecified atom stereocenters. The van der Waals surface area contributed by atoms with E-state index < -0.39 is 47.4 Å². The Morgan fingerprint density at radius 1 is 0.796 bits per heavy atom. The molecule has 1 fully saturated rings. The zero-order valence-corrected chi connectivity index (χ0v) is 27.1. The maximum atomic E-state index is 13.6. The molecule has 49 heavy (non-hydrogen) atoms. The van der Waals surface area contributed by atoms with Crippen LogP contribution in [0.1, 0.15) is 38.8 Å². The summed E-state index contributed by atoms with van der Waals surface area (Å²) in [5, 5.41) is 11.5. The second kappa shape index (κ2) is 14.3. The van der Waals surface area contributed by atoms with Gasteiger partial charge in [0.25, 0.3) is 5.56 Å². The number of aliphatic hydroxyl groups excluding tert-OH is 1. The molecule has 1 saturated heterocycles. The summed E-state index contributed by atoms with van der Waals surface area (Å²) in [6.07, 6.45) is -3.93. The van der Waals surface area contributed by atoms with Crippen LogP contribution in [0.2, 0.25) is 0 Å². The van der Waals surface area contributed by atoms with E-state index in [0.29, 0.717) is 28.2 Å². The van der Waals surface area contributed by atoms with Gasteiger partial charge in [0.1, 0.15) is 29.3 Å². The number of rotatable bonds is 10. The first kappa shape index (κ1) is 33.4. The van der Waals surface area contributed by atoms with Gasteiger partial charge in [0.15, 0.2) is 12.3 Å². The first-order valence-corrected chi connectivity index (χ1v) is 15.7. The zero-order valence-electron chi connectivity index (χ0n) is 27.1. The summed E-state index contributed by atoms with van der Waals surface area (Å²) in [5.41, 5.74) is -0.291. The van der Waals surface area contributed by atoms with Gasteiger partial charge in [-0.05, 0) is 60.0 Å². The number of esters is 1. The lowest BCUT2D eigenvalue weighted by atomic mass is 9.79. The van der Waals surface area contributed by atoms with E-state index in [-0.39, 0.29) is 17.7 Å². The smallest absolute Gasteiger partial charge is 0.338 e. The molecule has 0 aliphatic carbocycles. The van der Waals surface area contributed by atoms with Gasteiger partial charge < -0.3 is 28.8 Å². The molecule has 1 aliphatic rings. The third-order valence-corrected chi connectivity index (χ3v) is 8.58. The third kappa shape index (κ3) is 6.64. The van der Waals surface area contributed by atoms with Crippen molar-refractivity contribution in [2.75, 3.05) is 20.8 Å². The molecule has 0 saturated carbocycles. The van der Waals surface area contributed by atoms with E-state index >= 15 is 0 Å². The molecule has 11 nitrogen and oxygen atoms in total. The Hall–Kier alpha value is -5.49. The summed E-state index contributed by atoms with van der Waals surface area (Å²) in [4.78, 5) is 41.6. The first-order chi connectivity index (χ1) is 23.7. The van der Waals surface area contributed by atoms with Crippen molar-refractivity contribution in [3.8, 4) is 11.5 Å². The number of benzene rings is 4. The number of carbonyl (C=O) groups is 1. The summed E-state index contributed by atoms with van der Waals surface area (Å²) in [6.45, 7) is 1.25. The van der Waals surface area contributed by atoms with Gasteiger partial charge >= 0.3 is 11.7 Å². The average Bonchev–Trinajstić information content (AvgIpc) is 3.14. The van der Waals surface area contributed by atoms with Gasteiger partial charge in [0.05, 0.1) is 26.4 Å². The molecule has 2 N–H and O–H groups in total. The van der Waals surface area contributed by atoms with Crippen LogP contribution < -0.4 is 20.7 Å². The number of methoxy groups -OCH3 is 2. The molecule has 5 aromatic rings. The number of aliphatic hydroxyl groups is 1. The lowest BCUT2D eigenvalue weighted by Gasteiger charge is -2.46. The SMILES string of the molecule is COc1ccc(C(O[C@@H]2[C@@H](OC(=O)c3ccccc3)[C@@H](O)CO[C@H]2n2cc(C)c(=O)[nH]c2=O)(c2ccccc2)c2ccc(OC)cc2)cc1. The molecule has 0 radical (unpaired) electrons. The fraction of sp³-hybridized carbons (Fsp3) is 0.237. The highest BCUT2D eigenvalue weighted by Crippen LogP contribution is 2.45. The van der Waals surface area contributed by atoms with Crippen molar-refractivity contribution in [1.82, 2.24) is 9.55 Å². The van der Waals surface area contributed by atoms with Crippen molar-refractivity contribution >= 4 is 5.97 Å². The standard InChI is InChI=1S/C38H36N2O9/c1-24-22-40(37(44)39-34(24)42)35-33(32(31(41)23-47-35)48-36(43)25-10-6-4-7-11-25)49-38(26-12-8-5-9-13-26,27-14-18-29(45-2)19-15-27)28-16-20-30(46-3)21-17-28/h4-22,31-33,35,41H,23H2,1-3H3,(H,39,42,44)/t31-,32-,33+,35+/m0/s1. The summed E-state index contributed by atoms with van der Waals surface area (Å²) >= 11 is 0. The van der Waals surface area contributed by atoms with E-state index in [4.69, 9.17) is 23.7 Å². The van der Waals surface area contributed by atoms with Gasteiger partial charge in [-0.1, -0.05) is 72.8 Å². The highest BCUT2D eigenvalue weighted by atomic mass is 16.6. The van der Waals surface area contributed by atoms with Crippen LogP contribution in [0.5, 0.6) is 11.5 Å². The van der Waals surface area contributed by atoms with E-state index in [1.54, 1.807) is 75.7 Å². The Labute approximate surface area is 282 Å². The molecule has 4 atom stereocenters. The Morgan fingerprint density at radius 2 is 1.33 bits per heavy atom. The third-order valence-electron chi connectivity index (χ3n) is 8.58.